The highest BCUT2D eigenvalue weighted by atomic mass is 32.1. The van der Waals surface area contributed by atoms with Crippen molar-refractivity contribution in [2.45, 2.75) is 52.5 Å². The molecular formula is C17H28N4O2S. The van der Waals surface area contributed by atoms with Gasteiger partial charge >= 0.3 is 5.97 Å². The molecule has 1 aliphatic rings. The van der Waals surface area contributed by atoms with Crippen molar-refractivity contribution in [1.82, 2.24) is 15.6 Å². The molecule has 1 heterocycles. The van der Waals surface area contributed by atoms with Crippen LogP contribution < -0.4 is 10.6 Å². The molecule has 0 spiro atoms. The summed E-state index contributed by atoms with van der Waals surface area (Å²) in [5, 5.41) is 7.53. The number of guanidine groups is 1. The fourth-order valence-electron chi connectivity index (χ4n) is 2.45. The van der Waals surface area contributed by atoms with Gasteiger partial charge in [0.2, 0.25) is 0 Å². The van der Waals surface area contributed by atoms with Crippen molar-refractivity contribution in [3.63, 3.8) is 0 Å². The molecule has 2 N–H and O–H groups in total. The van der Waals surface area contributed by atoms with Crippen LogP contribution in [0, 0.1) is 12.8 Å². The van der Waals surface area contributed by atoms with Crippen LogP contribution in [0.1, 0.15) is 65.9 Å². The molecule has 1 fully saturated rings. The fourth-order valence-corrected chi connectivity index (χ4v) is 3.42. The number of rotatable bonds is 8. The summed E-state index contributed by atoms with van der Waals surface area (Å²) in [5.74, 6) is 1.43. The van der Waals surface area contributed by atoms with E-state index in [2.05, 4.69) is 20.6 Å². The third kappa shape index (κ3) is 5.47. The Morgan fingerprint density at radius 1 is 1.50 bits per heavy atom. The normalized spacial score (nSPS) is 15.9. The Morgan fingerprint density at radius 2 is 2.25 bits per heavy atom. The van der Waals surface area contributed by atoms with Gasteiger partial charge in [0.15, 0.2) is 5.96 Å². The molecule has 1 aromatic rings. The maximum absolute atomic E-state index is 11.9. The molecule has 7 heteroatoms. The molecule has 0 radical (unpaired) electrons. The summed E-state index contributed by atoms with van der Waals surface area (Å²) >= 11 is 1.38. The van der Waals surface area contributed by atoms with Gasteiger partial charge < -0.3 is 15.4 Å². The van der Waals surface area contributed by atoms with Crippen LogP contribution >= 0.6 is 11.3 Å². The number of nitrogens with one attached hydrogen (secondary N) is 2. The lowest BCUT2D eigenvalue weighted by atomic mass is 10.2. The number of carbonyl (C=O) groups excluding carboxylic acids is 1. The molecule has 0 bridgehead atoms. The minimum atomic E-state index is -0.298. The second-order valence-electron chi connectivity index (χ2n) is 6.14. The number of aromatic nitrogens is 1. The summed E-state index contributed by atoms with van der Waals surface area (Å²) in [6, 6.07) is -0.0218. The Hall–Kier alpha value is -1.63. The quantitative estimate of drug-likeness (QED) is 0.325. The lowest BCUT2D eigenvalue weighted by Gasteiger charge is -2.16. The van der Waals surface area contributed by atoms with Crippen LogP contribution in [0.25, 0.3) is 0 Å². The summed E-state index contributed by atoms with van der Waals surface area (Å²) in [5.41, 5.74) is 0.717. The van der Waals surface area contributed by atoms with E-state index >= 15 is 0 Å². The van der Waals surface area contributed by atoms with Crippen molar-refractivity contribution >= 4 is 23.3 Å². The molecule has 1 aliphatic carbocycles. The summed E-state index contributed by atoms with van der Waals surface area (Å²) in [6.07, 6.45) is 5.27. The van der Waals surface area contributed by atoms with Crippen LogP contribution in [0.5, 0.6) is 0 Å². The van der Waals surface area contributed by atoms with E-state index in [1.54, 1.807) is 14.0 Å². The number of nitrogens with zero attached hydrogens (tertiary/aromatic N) is 2. The van der Waals surface area contributed by atoms with E-state index < -0.39 is 0 Å². The van der Waals surface area contributed by atoms with Crippen molar-refractivity contribution < 1.29 is 9.53 Å². The van der Waals surface area contributed by atoms with Crippen LogP contribution in [-0.2, 0) is 4.74 Å². The molecule has 1 saturated carbocycles. The molecule has 1 unspecified atom stereocenters. The van der Waals surface area contributed by atoms with Crippen LogP contribution in [0.15, 0.2) is 4.99 Å². The van der Waals surface area contributed by atoms with Gasteiger partial charge in [-0.15, -0.1) is 11.3 Å². The minimum absolute atomic E-state index is 0.0218. The third-order valence-electron chi connectivity index (χ3n) is 4.00. The Labute approximate surface area is 148 Å². The van der Waals surface area contributed by atoms with Gasteiger partial charge in [-0.05, 0) is 39.5 Å². The highest BCUT2D eigenvalue weighted by Crippen LogP contribution is 2.33. The fraction of sp³-hybridized carbons (Fsp3) is 0.706. The molecular weight excluding hydrogens is 324 g/mol. The predicted octanol–water partition coefficient (Wildman–Crippen LogP) is 3.04. The van der Waals surface area contributed by atoms with E-state index in [0.717, 1.165) is 29.1 Å². The first-order valence-corrected chi connectivity index (χ1v) is 9.48. The number of aryl methyl sites for hydroxylation is 1. The first kappa shape index (κ1) is 18.7. The van der Waals surface area contributed by atoms with E-state index in [4.69, 9.17) is 4.74 Å². The van der Waals surface area contributed by atoms with E-state index in [-0.39, 0.29) is 12.0 Å². The average molecular weight is 353 g/mol. The van der Waals surface area contributed by atoms with Gasteiger partial charge in [-0.25, -0.2) is 9.78 Å². The van der Waals surface area contributed by atoms with Gasteiger partial charge in [-0.1, -0.05) is 12.8 Å². The first-order valence-electron chi connectivity index (χ1n) is 8.66. The molecule has 1 aromatic heterocycles. The summed E-state index contributed by atoms with van der Waals surface area (Å²) in [7, 11) is 1.76. The van der Waals surface area contributed by atoms with Gasteiger partial charge in [-0.3, -0.25) is 4.99 Å². The number of esters is 1. The first-order chi connectivity index (χ1) is 11.5. The SMILES string of the molecule is CCOC(=O)c1sc(C(C)NC(=NC)NCCCC2CC2)nc1C. The molecule has 0 amide bonds. The minimum Gasteiger partial charge on any atom is -0.462 e. The molecule has 134 valence electrons. The van der Waals surface area contributed by atoms with Crippen molar-refractivity contribution in [2.24, 2.45) is 10.9 Å². The zero-order valence-corrected chi connectivity index (χ0v) is 15.8. The molecule has 0 aliphatic heterocycles. The van der Waals surface area contributed by atoms with E-state index in [1.807, 2.05) is 13.8 Å². The Bertz CT molecular complexity index is 581. The average Bonchev–Trinajstić information content (AvgIpc) is 3.30. The second kappa shape index (κ2) is 9.01. The zero-order valence-electron chi connectivity index (χ0n) is 15.0. The summed E-state index contributed by atoms with van der Waals surface area (Å²) in [4.78, 5) is 21.2. The van der Waals surface area contributed by atoms with Gasteiger partial charge in [0.05, 0.1) is 18.3 Å². The van der Waals surface area contributed by atoms with Gasteiger partial charge in [0, 0.05) is 13.6 Å². The number of aliphatic imine (C=N–C) groups is 1. The smallest absolute Gasteiger partial charge is 0.350 e. The second-order valence-corrected chi connectivity index (χ2v) is 7.17. The lowest BCUT2D eigenvalue weighted by molar-refractivity contribution is 0.0531. The summed E-state index contributed by atoms with van der Waals surface area (Å²) in [6.45, 7) is 6.96. The van der Waals surface area contributed by atoms with Crippen molar-refractivity contribution in [2.75, 3.05) is 20.2 Å². The summed E-state index contributed by atoms with van der Waals surface area (Å²) < 4.78 is 5.07. The number of carbonyl (C=O) groups is 1. The molecule has 0 saturated heterocycles. The maximum atomic E-state index is 11.9. The van der Waals surface area contributed by atoms with Crippen LogP contribution in [-0.4, -0.2) is 37.1 Å². The van der Waals surface area contributed by atoms with Crippen LogP contribution in [0.2, 0.25) is 0 Å². The monoisotopic (exact) mass is 352 g/mol. The molecule has 24 heavy (non-hydrogen) atoms. The van der Waals surface area contributed by atoms with Crippen molar-refractivity contribution in [3.05, 3.63) is 15.6 Å². The topological polar surface area (TPSA) is 75.6 Å². The zero-order chi connectivity index (χ0) is 17.5. The highest BCUT2D eigenvalue weighted by molar-refractivity contribution is 7.13. The Morgan fingerprint density at radius 3 is 2.88 bits per heavy atom. The van der Waals surface area contributed by atoms with E-state index in [9.17, 15) is 4.79 Å². The third-order valence-corrected chi connectivity index (χ3v) is 5.32. The highest BCUT2D eigenvalue weighted by Gasteiger charge is 2.21. The van der Waals surface area contributed by atoms with Crippen LogP contribution in [0.3, 0.4) is 0 Å². The lowest BCUT2D eigenvalue weighted by Crippen LogP contribution is -2.39. The van der Waals surface area contributed by atoms with Gasteiger partial charge in [-0.2, -0.15) is 0 Å². The molecule has 2 rings (SSSR count). The molecule has 6 nitrogen and oxygen atoms in total. The predicted molar refractivity (Wildman–Crippen MR) is 97.7 cm³/mol. The van der Waals surface area contributed by atoms with Crippen molar-refractivity contribution in [1.29, 1.82) is 0 Å². The maximum Gasteiger partial charge on any atom is 0.350 e. The largest absolute Gasteiger partial charge is 0.462 e. The van der Waals surface area contributed by atoms with Crippen LogP contribution in [0.4, 0.5) is 0 Å². The van der Waals surface area contributed by atoms with Gasteiger partial charge in [0.25, 0.3) is 0 Å². The molecule has 1 atom stereocenters. The number of thiazole rings is 1. The van der Waals surface area contributed by atoms with Crippen molar-refractivity contribution in [3.8, 4) is 0 Å². The Balaban J connectivity index is 1.86. The van der Waals surface area contributed by atoms with E-state index in [0.29, 0.717) is 11.5 Å². The standard InChI is InChI=1S/C17H28N4O2S/c1-5-23-16(22)14-11(2)20-15(24-14)12(3)21-17(18-4)19-10-6-7-13-8-9-13/h12-13H,5-10H2,1-4H3,(H2,18,19,21). The number of ether oxygens (including phenoxy) is 1. The molecule has 0 aromatic carbocycles. The number of hydrogen-bond donors (Lipinski definition) is 2. The number of hydrogen-bond acceptors (Lipinski definition) is 5. The Kier molecular flexibility index (Phi) is 7.02. The van der Waals surface area contributed by atoms with Gasteiger partial charge in [0.1, 0.15) is 9.88 Å². The van der Waals surface area contributed by atoms with E-state index in [1.165, 1.54) is 37.0 Å².